The summed E-state index contributed by atoms with van der Waals surface area (Å²) in [4.78, 5) is 5.77. The first-order valence-corrected chi connectivity index (χ1v) is 7.95. The molecule has 5 heteroatoms. The van der Waals surface area contributed by atoms with E-state index in [2.05, 4.69) is 27.1 Å². The Labute approximate surface area is 128 Å². The van der Waals surface area contributed by atoms with Crippen LogP contribution in [0.1, 0.15) is 17.4 Å². The second-order valence-corrected chi connectivity index (χ2v) is 5.61. The Morgan fingerprint density at radius 3 is 2.86 bits per heavy atom. The van der Waals surface area contributed by atoms with Gasteiger partial charge in [-0.3, -0.25) is 0 Å². The number of hydrogen-bond donors (Lipinski definition) is 2. The number of rotatable bonds is 6. The number of nitrogens with zero attached hydrogens (tertiary/aromatic N) is 1. The fourth-order valence-electron chi connectivity index (χ4n) is 1.92. The number of halogens is 1. The molecule has 1 aromatic carbocycles. The minimum atomic E-state index is -0.189. The van der Waals surface area contributed by atoms with E-state index < -0.39 is 0 Å². The zero-order chi connectivity index (χ0) is 14.9. The summed E-state index contributed by atoms with van der Waals surface area (Å²) in [6, 6.07) is 10.8. The van der Waals surface area contributed by atoms with Gasteiger partial charge in [0.15, 0.2) is 5.96 Å². The zero-order valence-corrected chi connectivity index (χ0v) is 12.9. The lowest BCUT2D eigenvalue weighted by molar-refractivity contribution is 0.625. The second kappa shape index (κ2) is 8.42. The molecule has 21 heavy (non-hydrogen) atoms. The molecule has 0 aliphatic carbocycles. The van der Waals surface area contributed by atoms with Crippen molar-refractivity contribution >= 4 is 17.3 Å². The Balaban J connectivity index is 1.83. The summed E-state index contributed by atoms with van der Waals surface area (Å²) in [5, 5.41) is 8.54. The van der Waals surface area contributed by atoms with Gasteiger partial charge in [-0.05, 0) is 42.5 Å². The van der Waals surface area contributed by atoms with Crippen molar-refractivity contribution in [1.29, 1.82) is 0 Å². The number of guanidine groups is 1. The summed E-state index contributed by atoms with van der Waals surface area (Å²) in [6.45, 7) is 4.25. The number of hydrogen-bond acceptors (Lipinski definition) is 2. The summed E-state index contributed by atoms with van der Waals surface area (Å²) in [5.41, 5.74) is 0.983. The third-order valence-electron chi connectivity index (χ3n) is 2.91. The molecule has 0 bridgehead atoms. The molecule has 0 unspecified atom stereocenters. The zero-order valence-electron chi connectivity index (χ0n) is 12.1. The molecule has 112 valence electrons. The molecule has 0 spiro atoms. The largest absolute Gasteiger partial charge is 0.357 e. The molecule has 0 saturated carbocycles. The van der Waals surface area contributed by atoms with Crippen molar-refractivity contribution in [3.05, 3.63) is 58.0 Å². The van der Waals surface area contributed by atoms with E-state index in [1.807, 2.05) is 19.1 Å². The standard InChI is InChI=1S/C16H20FN3S/c1-2-18-16(20-12-15-7-4-10-21-15)19-9-8-13-5-3-6-14(17)11-13/h3-7,10-11H,2,8-9,12H2,1H3,(H2,18,19,20). The highest BCUT2D eigenvalue weighted by molar-refractivity contribution is 7.09. The van der Waals surface area contributed by atoms with Gasteiger partial charge in [0, 0.05) is 18.0 Å². The molecule has 1 heterocycles. The first-order chi connectivity index (χ1) is 10.3. The molecule has 1 aromatic heterocycles. The van der Waals surface area contributed by atoms with Crippen molar-refractivity contribution in [2.45, 2.75) is 19.9 Å². The van der Waals surface area contributed by atoms with Gasteiger partial charge < -0.3 is 10.6 Å². The Hall–Kier alpha value is -1.88. The van der Waals surface area contributed by atoms with Crippen molar-refractivity contribution in [1.82, 2.24) is 10.6 Å². The molecule has 0 amide bonds. The molecule has 0 aliphatic rings. The fourth-order valence-corrected chi connectivity index (χ4v) is 2.55. The van der Waals surface area contributed by atoms with Gasteiger partial charge in [0.05, 0.1) is 6.54 Å². The van der Waals surface area contributed by atoms with E-state index in [-0.39, 0.29) is 5.82 Å². The predicted octanol–water partition coefficient (Wildman–Crippen LogP) is 3.19. The van der Waals surface area contributed by atoms with Crippen LogP contribution in [0.2, 0.25) is 0 Å². The van der Waals surface area contributed by atoms with Crippen LogP contribution in [0.25, 0.3) is 0 Å². The first-order valence-electron chi connectivity index (χ1n) is 7.07. The molecule has 3 nitrogen and oxygen atoms in total. The highest BCUT2D eigenvalue weighted by Crippen LogP contribution is 2.09. The fraction of sp³-hybridized carbons (Fsp3) is 0.312. The topological polar surface area (TPSA) is 36.4 Å². The smallest absolute Gasteiger partial charge is 0.191 e. The molecule has 2 aromatic rings. The molecule has 2 rings (SSSR count). The third kappa shape index (κ3) is 5.55. The van der Waals surface area contributed by atoms with Gasteiger partial charge in [-0.2, -0.15) is 0 Å². The van der Waals surface area contributed by atoms with Gasteiger partial charge in [-0.15, -0.1) is 11.3 Å². The van der Waals surface area contributed by atoms with Crippen LogP contribution in [-0.2, 0) is 13.0 Å². The van der Waals surface area contributed by atoms with Crippen molar-refractivity contribution in [3.8, 4) is 0 Å². The highest BCUT2D eigenvalue weighted by Gasteiger charge is 1.99. The average Bonchev–Trinajstić information content (AvgIpc) is 2.98. The second-order valence-electron chi connectivity index (χ2n) is 4.58. The van der Waals surface area contributed by atoms with Crippen LogP contribution in [0.3, 0.4) is 0 Å². The maximum absolute atomic E-state index is 13.1. The molecular weight excluding hydrogens is 285 g/mol. The van der Waals surface area contributed by atoms with E-state index in [0.717, 1.165) is 31.0 Å². The lowest BCUT2D eigenvalue weighted by Gasteiger charge is -2.11. The molecule has 0 aliphatic heterocycles. The van der Waals surface area contributed by atoms with E-state index in [1.165, 1.54) is 10.9 Å². The van der Waals surface area contributed by atoms with Gasteiger partial charge in [0.2, 0.25) is 0 Å². The van der Waals surface area contributed by atoms with E-state index in [9.17, 15) is 4.39 Å². The molecule has 0 fully saturated rings. The summed E-state index contributed by atoms with van der Waals surface area (Å²) in [7, 11) is 0. The van der Waals surface area contributed by atoms with Crippen LogP contribution in [0.5, 0.6) is 0 Å². The predicted molar refractivity (Wildman–Crippen MR) is 87.2 cm³/mol. The molecule has 0 radical (unpaired) electrons. The Bertz CT molecular complexity index is 567. The van der Waals surface area contributed by atoms with Crippen molar-refractivity contribution < 1.29 is 4.39 Å². The Kier molecular flexibility index (Phi) is 6.22. The van der Waals surface area contributed by atoms with Gasteiger partial charge in [0.25, 0.3) is 0 Å². The normalized spacial score (nSPS) is 11.4. The van der Waals surface area contributed by atoms with E-state index in [4.69, 9.17) is 0 Å². The highest BCUT2D eigenvalue weighted by atomic mass is 32.1. The van der Waals surface area contributed by atoms with Gasteiger partial charge in [-0.25, -0.2) is 9.38 Å². The lowest BCUT2D eigenvalue weighted by atomic mass is 10.1. The third-order valence-corrected chi connectivity index (χ3v) is 3.77. The summed E-state index contributed by atoms with van der Waals surface area (Å²) in [5.74, 6) is 0.605. The van der Waals surface area contributed by atoms with E-state index in [1.54, 1.807) is 23.5 Å². The van der Waals surface area contributed by atoms with Crippen molar-refractivity contribution in [2.24, 2.45) is 4.99 Å². The van der Waals surface area contributed by atoms with E-state index >= 15 is 0 Å². The average molecular weight is 305 g/mol. The number of benzene rings is 1. The molecular formula is C16H20FN3S. The SMILES string of the molecule is CCNC(=NCc1cccs1)NCCc1cccc(F)c1. The van der Waals surface area contributed by atoms with Gasteiger partial charge in [0.1, 0.15) is 5.82 Å². The van der Waals surface area contributed by atoms with Crippen molar-refractivity contribution in [2.75, 3.05) is 13.1 Å². The Morgan fingerprint density at radius 1 is 1.24 bits per heavy atom. The maximum Gasteiger partial charge on any atom is 0.191 e. The molecule has 0 atom stereocenters. The first kappa shape index (κ1) is 15.5. The van der Waals surface area contributed by atoms with Gasteiger partial charge >= 0.3 is 0 Å². The Morgan fingerprint density at radius 2 is 2.14 bits per heavy atom. The minimum Gasteiger partial charge on any atom is -0.357 e. The minimum absolute atomic E-state index is 0.189. The van der Waals surface area contributed by atoms with Crippen molar-refractivity contribution in [3.63, 3.8) is 0 Å². The van der Waals surface area contributed by atoms with Crippen LogP contribution < -0.4 is 10.6 Å². The monoisotopic (exact) mass is 305 g/mol. The van der Waals surface area contributed by atoms with Crippen LogP contribution in [0.4, 0.5) is 4.39 Å². The van der Waals surface area contributed by atoms with Crippen LogP contribution >= 0.6 is 11.3 Å². The number of nitrogens with one attached hydrogen (secondary N) is 2. The quantitative estimate of drug-likeness (QED) is 0.635. The van der Waals surface area contributed by atoms with Crippen LogP contribution in [0, 0.1) is 5.82 Å². The van der Waals surface area contributed by atoms with Crippen LogP contribution in [0.15, 0.2) is 46.8 Å². The summed E-state index contributed by atoms with van der Waals surface area (Å²) >= 11 is 1.70. The molecule has 2 N–H and O–H groups in total. The summed E-state index contributed by atoms with van der Waals surface area (Å²) < 4.78 is 13.1. The van der Waals surface area contributed by atoms with Crippen LogP contribution in [-0.4, -0.2) is 19.0 Å². The van der Waals surface area contributed by atoms with Gasteiger partial charge in [-0.1, -0.05) is 18.2 Å². The maximum atomic E-state index is 13.1. The summed E-state index contributed by atoms with van der Waals surface area (Å²) in [6.07, 6.45) is 0.765. The molecule has 0 saturated heterocycles. The number of aliphatic imine (C=N–C) groups is 1. The number of thiophene rings is 1. The lowest BCUT2D eigenvalue weighted by Crippen LogP contribution is -2.38. The van der Waals surface area contributed by atoms with E-state index in [0.29, 0.717) is 6.54 Å².